The van der Waals surface area contributed by atoms with Crippen LogP contribution in [0.3, 0.4) is 0 Å². The summed E-state index contributed by atoms with van der Waals surface area (Å²) in [4.78, 5) is 34.0. The molecule has 1 aromatic rings. The Labute approximate surface area is 146 Å². The van der Waals surface area contributed by atoms with Gasteiger partial charge < -0.3 is 10.1 Å². The molecule has 1 amide bonds. The molecule has 3 atom stereocenters. The van der Waals surface area contributed by atoms with Gasteiger partial charge in [-0.15, -0.1) is 0 Å². The number of rotatable bonds is 9. The first kappa shape index (κ1) is 19.6. The van der Waals surface area contributed by atoms with Crippen LogP contribution >= 0.6 is 15.9 Å². The Hall–Kier alpha value is -1.49. The van der Waals surface area contributed by atoms with E-state index >= 15 is 0 Å². The molecule has 23 heavy (non-hydrogen) atoms. The van der Waals surface area contributed by atoms with Gasteiger partial charge in [-0.1, -0.05) is 41.9 Å². The smallest absolute Gasteiger partial charge is 0.223 e. The molecule has 126 valence electrons. The molecule has 4 nitrogen and oxygen atoms in total. The van der Waals surface area contributed by atoms with Crippen LogP contribution in [0.15, 0.2) is 22.7 Å². The summed E-state index contributed by atoms with van der Waals surface area (Å²) < 4.78 is 0.908. The van der Waals surface area contributed by atoms with Crippen molar-refractivity contribution in [2.45, 2.75) is 33.1 Å². The van der Waals surface area contributed by atoms with E-state index in [0.29, 0.717) is 24.8 Å². The van der Waals surface area contributed by atoms with Crippen molar-refractivity contribution in [3.8, 4) is 0 Å². The van der Waals surface area contributed by atoms with E-state index in [0.717, 1.165) is 22.6 Å². The molecule has 0 aliphatic heterocycles. The summed E-state index contributed by atoms with van der Waals surface area (Å²) in [5.74, 6) is 0.0548. The molecule has 0 fully saturated rings. The van der Waals surface area contributed by atoms with Crippen molar-refractivity contribution < 1.29 is 14.4 Å². The van der Waals surface area contributed by atoms with Crippen molar-refractivity contribution in [3.63, 3.8) is 0 Å². The molecule has 1 N–H and O–H groups in total. The minimum atomic E-state index is -0.206. The van der Waals surface area contributed by atoms with Gasteiger partial charge in [-0.3, -0.25) is 9.59 Å². The first-order valence-corrected chi connectivity index (χ1v) is 8.63. The molecule has 0 spiro atoms. The van der Waals surface area contributed by atoms with Gasteiger partial charge in [0.25, 0.3) is 0 Å². The average Bonchev–Trinajstić information content (AvgIpc) is 2.56. The van der Waals surface area contributed by atoms with E-state index in [4.69, 9.17) is 0 Å². The highest BCUT2D eigenvalue weighted by Gasteiger charge is 2.28. The fraction of sp³-hybridized carbons (Fsp3) is 0.500. The minimum Gasteiger partial charge on any atom is -0.359 e. The lowest BCUT2D eigenvalue weighted by Crippen LogP contribution is -2.35. The molecular weight excluding hydrogens is 358 g/mol. The summed E-state index contributed by atoms with van der Waals surface area (Å²) in [6.45, 7) is 4.11. The maximum atomic E-state index is 12.1. The van der Waals surface area contributed by atoms with Crippen molar-refractivity contribution in [1.82, 2.24) is 5.32 Å². The van der Waals surface area contributed by atoms with E-state index in [-0.39, 0.29) is 23.7 Å². The molecule has 0 heterocycles. The van der Waals surface area contributed by atoms with Gasteiger partial charge in [0, 0.05) is 29.4 Å². The molecular formula is C18H24BrNO3. The standard InChI is InChI=1S/C18H24BrNO3/c1-12(10-16-14(11-22)6-4-8-17(16)19)13(2)15(7-5-9-21)18(23)20-3/h4,6,8-9,11-13,15H,5,7,10H2,1-3H3,(H,20,23). The molecule has 0 aliphatic rings. The fourth-order valence-corrected chi connectivity index (χ4v) is 3.41. The minimum absolute atomic E-state index is 0.0334. The highest BCUT2D eigenvalue weighted by Crippen LogP contribution is 2.30. The van der Waals surface area contributed by atoms with Crippen LogP contribution in [0.1, 0.15) is 42.6 Å². The second kappa shape index (κ2) is 9.60. The molecule has 0 saturated heterocycles. The number of nitrogens with one attached hydrogen (secondary N) is 1. The number of carbonyl (C=O) groups excluding carboxylic acids is 3. The quantitative estimate of drug-likeness (QED) is 0.666. The molecule has 3 unspecified atom stereocenters. The van der Waals surface area contributed by atoms with Crippen LogP contribution in [0, 0.1) is 17.8 Å². The number of halogens is 1. The fourth-order valence-electron chi connectivity index (χ4n) is 2.87. The van der Waals surface area contributed by atoms with Gasteiger partial charge in [0.05, 0.1) is 0 Å². The lowest BCUT2D eigenvalue weighted by atomic mass is 9.78. The molecule has 0 radical (unpaired) electrons. The Morgan fingerprint density at radius 3 is 2.57 bits per heavy atom. The zero-order chi connectivity index (χ0) is 17.4. The Morgan fingerprint density at radius 2 is 2.00 bits per heavy atom. The summed E-state index contributed by atoms with van der Waals surface area (Å²) in [6, 6.07) is 5.55. The number of carbonyl (C=O) groups is 3. The highest BCUT2D eigenvalue weighted by molar-refractivity contribution is 9.10. The normalized spacial score (nSPS) is 14.6. The average molecular weight is 382 g/mol. The SMILES string of the molecule is CNC(=O)C(CCC=O)C(C)C(C)Cc1c(Br)cccc1C=O. The molecule has 0 aromatic heterocycles. The van der Waals surface area contributed by atoms with Crippen LogP contribution in [0.4, 0.5) is 0 Å². The van der Waals surface area contributed by atoms with Gasteiger partial charge in [-0.05, 0) is 36.3 Å². The van der Waals surface area contributed by atoms with Gasteiger partial charge in [0.15, 0.2) is 0 Å². The predicted octanol–water partition coefficient (Wildman–Crippen LogP) is 3.42. The maximum Gasteiger partial charge on any atom is 0.223 e. The lowest BCUT2D eigenvalue weighted by Gasteiger charge is -2.28. The van der Waals surface area contributed by atoms with E-state index in [1.165, 1.54) is 0 Å². The zero-order valence-electron chi connectivity index (χ0n) is 13.8. The third-order valence-corrected chi connectivity index (χ3v) is 5.26. The first-order chi connectivity index (χ1) is 11.0. The summed E-state index contributed by atoms with van der Waals surface area (Å²) in [5.41, 5.74) is 1.63. The summed E-state index contributed by atoms with van der Waals surface area (Å²) >= 11 is 3.50. The third kappa shape index (κ3) is 5.27. The second-order valence-electron chi connectivity index (χ2n) is 5.93. The van der Waals surface area contributed by atoms with Crippen molar-refractivity contribution in [1.29, 1.82) is 0 Å². The lowest BCUT2D eigenvalue weighted by molar-refractivity contribution is -0.127. The van der Waals surface area contributed by atoms with Crippen LogP contribution < -0.4 is 5.32 Å². The van der Waals surface area contributed by atoms with E-state index in [1.54, 1.807) is 13.1 Å². The second-order valence-corrected chi connectivity index (χ2v) is 6.79. The Bertz CT molecular complexity index is 559. The van der Waals surface area contributed by atoms with Crippen molar-refractivity contribution >= 4 is 34.4 Å². The van der Waals surface area contributed by atoms with Gasteiger partial charge in [0.2, 0.25) is 5.91 Å². The number of hydrogen-bond acceptors (Lipinski definition) is 3. The van der Waals surface area contributed by atoms with Gasteiger partial charge in [0.1, 0.15) is 12.6 Å². The van der Waals surface area contributed by atoms with Crippen molar-refractivity contribution in [3.05, 3.63) is 33.8 Å². The number of hydrogen-bond donors (Lipinski definition) is 1. The predicted molar refractivity (Wildman–Crippen MR) is 94.4 cm³/mol. The van der Waals surface area contributed by atoms with E-state index < -0.39 is 0 Å². The third-order valence-electron chi connectivity index (χ3n) is 4.52. The van der Waals surface area contributed by atoms with E-state index in [9.17, 15) is 14.4 Å². The summed E-state index contributed by atoms with van der Waals surface area (Å²) in [6.07, 6.45) is 3.34. The van der Waals surface area contributed by atoms with Crippen LogP contribution in [-0.2, 0) is 16.0 Å². The molecule has 1 rings (SSSR count). The van der Waals surface area contributed by atoms with Crippen LogP contribution in [-0.4, -0.2) is 25.5 Å². The van der Waals surface area contributed by atoms with Gasteiger partial charge >= 0.3 is 0 Å². The molecule has 0 bridgehead atoms. The molecule has 0 saturated carbocycles. The van der Waals surface area contributed by atoms with Crippen LogP contribution in [0.5, 0.6) is 0 Å². The van der Waals surface area contributed by atoms with Crippen molar-refractivity contribution in [2.75, 3.05) is 7.05 Å². The largest absolute Gasteiger partial charge is 0.359 e. The van der Waals surface area contributed by atoms with E-state index in [2.05, 4.69) is 28.2 Å². The van der Waals surface area contributed by atoms with E-state index in [1.807, 2.05) is 19.1 Å². The van der Waals surface area contributed by atoms with Gasteiger partial charge in [-0.2, -0.15) is 0 Å². The molecule has 1 aromatic carbocycles. The topological polar surface area (TPSA) is 63.2 Å². The molecule has 5 heteroatoms. The zero-order valence-corrected chi connectivity index (χ0v) is 15.4. The Balaban J connectivity index is 2.93. The monoisotopic (exact) mass is 381 g/mol. The first-order valence-electron chi connectivity index (χ1n) is 7.84. The van der Waals surface area contributed by atoms with Crippen LogP contribution in [0.2, 0.25) is 0 Å². The maximum absolute atomic E-state index is 12.1. The molecule has 0 aliphatic carbocycles. The summed E-state index contributed by atoms with van der Waals surface area (Å²) in [7, 11) is 1.62. The summed E-state index contributed by atoms with van der Waals surface area (Å²) in [5, 5.41) is 2.69. The number of aldehydes is 2. The van der Waals surface area contributed by atoms with Gasteiger partial charge in [-0.25, -0.2) is 0 Å². The Morgan fingerprint density at radius 1 is 1.30 bits per heavy atom. The van der Waals surface area contributed by atoms with Crippen molar-refractivity contribution in [2.24, 2.45) is 17.8 Å². The number of amides is 1. The Kier molecular flexibility index (Phi) is 8.17. The van der Waals surface area contributed by atoms with Crippen LogP contribution in [0.25, 0.3) is 0 Å². The number of benzene rings is 1. The highest BCUT2D eigenvalue weighted by atomic mass is 79.9.